The second-order valence-electron chi connectivity index (χ2n) is 6.10. The molecule has 4 rings (SSSR count). The second-order valence-corrected chi connectivity index (χ2v) is 6.10. The lowest BCUT2D eigenvalue weighted by Crippen LogP contribution is -1.98. The van der Waals surface area contributed by atoms with E-state index in [4.69, 9.17) is 14.2 Å². The number of fused-ring (bicyclic) bond motifs is 3. The molecule has 0 unspecified atom stereocenters. The Morgan fingerprint density at radius 3 is 1.81 bits per heavy atom. The van der Waals surface area contributed by atoms with Gasteiger partial charge in [0.05, 0.1) is 49.7 Å². The summed E-state index contributed by atoms with van der Waals surface area (Å²) in [5, 5.41) is 11.3. The Morgan fingerprint density at radius 2 is 1.33 bits per heavy atom. The van der Waals surface area contributed by atoms with Crippen molar-refractivity contribution in [2.75, 3.05) is 21.3 Å². The topological polar surface area (TPSA) is 56.4 Å². The van der Waals surface area contributed by atoms with Crippen LogP contribution in [0, 0.1) is 11.3 Å². The number of aromatic nitrogens is 1. The lowest BCUT2D eigenvalue weighted by Gasteiger charge is -2.13. The quantitative estimate of drug-likeness (QED) is 0.531. The van der Waals surface area contributed by atoms with E-state index >= 15 is 0 Å². The average molecular weight is 358 g/mol. The highest BCUT2D eigenvalue weighted by molar-refractivity contribution is 6.10. The van der Waals surface area contributed by atoms with Gasteiger partial charge in [0.2, 0.25) is 0 Å². The standard InChI is InChI=1S/C22H18N2O3/c1-25-15-5-8-19-17(11-15)18-12-16(26-2)6-9-20(18)24(19)21-7-4-14(13-23)10-22(21)27-3/h4-12H,1-3H3. The number of benzene rings is 3. The minimum atomic E-state index is 0.555. The van der Waals surface area contributed by atoms with Gasteiger partial charge in [-0.05, 0) is 48.5 Å². The van der Waals surface area contributed by atoms with Crippen LogP contribution in [-0.2, 0) is 0 Å². The van der Waals surface area contributed by atoms with Crippen LogP contribution in [0.25, 0.3) is 27.5 Å². The fourth-order valence-corrected chi connectivity index (χ4v) is 3.43. The molecule has 0 saturated heterocycles. The largest absolute Gasteiger partial charge is 0.497 e. The molecule has 0 radical (unpaired) electrons. The molecule has 0 fully saturated rings. The van der Waals surface area contributed by atoms with Crippen LogP contribution in [0.4, 0.5) is 0 Å². The molecule has 0 amide bonds. The molecule has 0 bridgehead atoms. The molecule has 0 atom stereocenters. The third kappa shape index (κ3) is 2.63. The van der Waals surface area contributed by atoms with Gasteiger partial charge in [0, 0.05) is 16.8 Å². The van der Waals surface area contributed by atoms with Crippen LogP contribution in [0.15, 0.2) is 54.6 Å². The molecular formula is C22H18N2O3. The van der Waals surface area contributed by atoms with Crippen molar-refractivity contribution >= 4 is 21.8 Å². The highest BCUT2D eigenvalue weighted by Gasteiger charge is 2.17. The summed E-state index contributed by atoms with van der Waals surface area (Å²) < 4.78 is 18.5. The van der Waals surface area contributed by atoms with E-state index in [1.54, 1.807) is 33.5 Å². The van der Waals surface area contributed by atoms with Crippen LogP contribution in [0.5, 0.6) is 17.2 Å². The van der Waals surface area contributed by atoms with Crippen molar-refractivity contribution < 1.29 is 14.2 Å². The Labute approximate surface area is 156 Å². The lowest BCUT2D eigenvalue weighted by atomic mass is 10.1. The van der Waals surface area contributed by atoms with E-state index in [-0.39, 0.29) is 0 Å². The van der Waals surface area contributed by atoms with Gasteiger partial charge in [-0.15, -0.1) is 0 Å². The van der Waals surface area contributed by atoms with Gasteiger partial charge in [0.15, 0.2) is 0 Å². The first kappa shape index (κ1) is 16.8. The fourth-order valence-electron chi connectivity index (χ4n) is 3.43. The van der Waals surface area contributed by atoms with E-state index < -0.39 is 0 Å². The zero-order chi connectivity index (χ0) is 19.0. The summed E-state index contributed by atoms with van der Waals surface area (Å²) in [6, 6.07) is 19.6. The zero-order valence-electron chi connectivity index (χ0n) is 15.3. The Bertz CT molecular complexity index is 1140. The molecular weight excluding hydrogens is 340 g/mol. The van der Waals surface area contributed by atoms with Gasteiger partial charge in [-0.25, -0.2) is 0 Å². The molecule has 27 heavy (non-hydrogen) atoms. The van der Waals surface area contributed by atoms with E-state index in [9.17, 15) is 5.26 Å². The maximum atomic E-state index is 9.20. The summed E-state index contributed by atoms with van der Waals surface area (Å²) in [7, 11) is 4.93. The van der Waals surface area contributed by atoms with Crippen molar-refractivity contribution in [3.05, 3.63) is 60.2 Å². The molecule has 1 heterocycles. The first-order valence-electron chi connectivity index (χ1n) is 8.45. The lowest BCUT2D eigenvalue weighted by molar-refractivity contribution is 0.413. The first-order chi connectivity index (χ1) is 13.2. The summed E-state index contributed by atoms with van der Waals surface area (Å²) in [5.74, 6) is 2.21. The molecule has 0 saturated carbocycles. The molecule has 1 aromatic heterocycles. The minimum absolute atomic E-state index is 0.555. The Kier molecular flexibility index (Phi) is 4.09. The van der Waals surface area contributed by atoms with Gasteiger partial charge in [0.1, 0.15) is 17.2 Å². The van der Waals surface area contributed by atoms with Gasteiger partial charge in [0.25, 0.3) is 0 Å². The van der Waals surface area contributed by atoms with Crippen LogP contribution in [0.1, 0.15) is 5.56 Å². The van der Waals surface area contributed by atoms with Crippen LogP contribution in [0.3, 0.4) is 0 Å². The predicted octanol–water partition coefficient (Wildman–Crippen LogP) is 4.68. The molecule has 0 aliphatic carbocycles. The number of nitriles is 1. The Morgan fingerprint density at radius 1 is 0.741 bits per heavy atom. The van der Waals surface area contributed by atoms with Gasteiger partial charge < -0.3 is 18.8 Å². The summed E-state index contributed by atoms with van der Waals surface area (Å²) in [6.07, 6.45) is 0. The smallest absolute Gasteiger partial charge is 0.144 e. The normalized spacial score (nSPS) is 10.7. The van der Waals surface area contributed by atoms with Crippen LogP contribution in [-0.4, -0.2) is 25.9 Å². The number of hydrogen-bond acceptors (Lipinski definition) is 4. The second kappa shape index (κ2) is 6.58. The van der Waals surface area contributed by atoms with Crippen LogP contribution < -0.4 is 14.2 Å². The van der Waals surface area contributed by atoms with Crippen molar-refractivity contribution in [1.82, 2.24) is 4.57 Å². The molecule has 0 spiro atoms. The van der Waals surface area contributed by atoms with E-state index in [1.807, 2.05) is 42.5 Å². The SMILES string of the molecule is COc1ccc2c(c1)c1cc(OC)ccc1n2-c1ccc(C#N)cc1OC. The molecule has 134 valence electrons. The maximum absolute atomic E-state index is 9.20. The first-order valence-corrected chi connectivity index (χ1v) is 8.45. The Hall–Kier alpha value is -3.65. The fraction of sp³-hybridized carbons (Fsp3) is 0.136. The number of rotatable bonds is 4. The van der Waals surface area contributed by atoms with Crippen LogP contribution >= 0.6 is 0 Å². The van der Waals surface area contributed by atoms with Crippen molar-refractivity contribution in [3.63, 3.8) is 0 Å². The molecule has 0 N–H and O–H groups in total. The van der Waals surface area contributed by atoms with Crippen molar-refractivity contribution in [2.45, 2.75) is 0 Å². The third-order valence-corrected chi connectivity index (χ3v) is 4.73. The van der Waals surface area contributed by atoms with Crippen molar-refractivity contribution in [3.8, 4) is 29.0 Å². The molecule has 3 aromatic carbocycles. The summed E-state index contributed by atoms with van der Waals surface area (Å²) in [6.45, 7) is 0. The summed E-state index contributed by atoms with van der Waals surface area (Å²) in [4.78, 5) is 0. The van der Waals surface area contributed by atoms with E-state index in [0.717, 1.165) is 39.0 Å². The van der Waals surface area contributed by atoms with E-state index in [0.29, 0.717) is 11.3 Å². The minimum Gasteiger partial charge on any atom is -0.497 e. The Balaban J connectivity index is 2.12. The molecule has 5 heteroatoms. The summed E-state index contributed by atoms with van der Waals surface area (Å²) >= 11 is 0. The average Bonchev–Trinajstić information content (AvgIpc) is 3.05. The summed E-state index contributed by atoms with van der Waals surface area (Å²) in [5.41, 5.74) is 3.45. The molecule has 0 aliphatic heterocycles. The number of ether oxygens (including phenoxy) is 3. The van der Waals surface area contributed by atoms with Crippen LogP contribution in [0.2, 0.25) is 0 Å². The van der Waals surface area contributed by atoms with Gasteiger partial charge in [-0.1, -0.05) is 0 Å². The maximum Gasteiger partial charge on any atom is 0.144 e. The zero-order valence-corrected chi connectivity index (χ0v) is 15.3. The molecule has 4 aromatic rings. The highest BCUT2D eigenvalue weighted by Crippen LogP contribution is 2.38. The highest BCUT2D eigenvalue weighted by atomic mass is 16.5. The third-order valence-electron chi connectivity index (χ3n) is 4.73. The van der Waals surface area contributed by atoms with Crippen molar-refractivity contribution in [2.24, 2.45) is 0 Å². The van der Waals surface area contributed by atoms with Gasteiger partial charge >= 0.3 is 0 Å². The van der Waals surface area contributed by atoms with Crippen molar-refractivity contribution in [1.29, 1.82) is 5.26 Å². The molecule has 5 nitrogen and oxygen atoms in total. The van der Waals surface area contributed by atoms with E-state index in [2.05, 4.69) is 10.6 Å². The predicted molar refractivity (Wildman–Crippen MR) is 105 cm³/mol. The van der Waals surface area contributed by atoms with Gasteiger partial charge in [-0.3, -0.25) is 0 Å². The van der Waals surface area contributed by atoms with E-state index in [1.165, 1.54) is 0 Å². The number of hydrogen-bond donors (Lipinski definition) is 0. The number of methoxy groups -OCH3 is 3. The monoisotopic (exact) mass is 358 g/mol. The van der Waals surface area contributed by atoms with Gasteiger partial charge in [-0.2, -0.15) is 5.26 Å². The molecule has 0 aliphatic rings. The number of nitrogens with zero attached hydrogens (tertiary/aromatic N) is 2.